The maximum atomic E-state index is 12.0. The predicted molar refractivity (Wildman–Crippen MR) is 82.3 cm³/mol. The summed E-state index contributed by atoms with van der Waals surface area (Å²) in [5, 5.41) is 18.2. The zero-order chi connectivity index (χ0) is 15.6. The van der Waals surface area contributed by atoms with Crippen molar-refractivity contribution in [2.45, 2.75) is 39.3 Å². The Morgan fingerprint density at radius 2 is 1.95 bits per heavy atom. The molecule has 1 amide bonds. The standard InChI is InChI=1S/C14H22BN3O3/c1-4-14(19)18-10(2)8-17(9-11(18)3)13-6-5-12(7-16-13)15(20)21/h5-7,10-11,20-21H,4,8-9H2,1-3H3/t10-,11+. The van der Waals surface area contributed by atoms with Crippen LogP contribution in [0.5, 0.6) is 0 Å². The van der Waals surface area contributed by atoms with Gasteiger partial charge >= 0.3 is 7.12 Å². The molecule has 1 aliphatic heterocycles. The summed E-state index contributed by atoms with van der Waals surface area (Å²) in [5.41, 5.74) is 0.375. The zero-order valence-electron chi connectivity index (χ0n) is 12.7. The number of anilines is 1. The molecule has 114 valence electrons. The van der Waals surface area contributed by atoms with E-state index in [1.54, 1.807) is 12.1 Å². The molecule has 0 unspecified atom stereocenters. The molecule has 2 atom stereocenters. The number of pyridine rings is 1. The highest BCUT2D eigenvalue weighted by molar-refractivity contribution is 6.58. The Morgan fingerprint density at radius 1 is 1.33 bits per heavy atom. The molecule has 1 aromatic rings. The highest BCUT2D eigenvalue weighted by Crippen LogP contribution is 2.21. The predicted octanol–water partition coefficient (Wildman–Crippen LogP) is -0.403. The molecular formula is C14H22BN3O3. The molecular weight excluding hydrogens is 269 g/mol. The molecule has 0 saturated carbocycles. The summed E-state index contributed by atoms with van der Waals surface area (Å²) < 4.78 is 0. The SMILES string of the molecule is CCC(=O)N1[C@H](C)CN(c2ccc(B(O)O)cn2)C[C@@H]1C. The lowest BCUT2D eigenvalue weighted by atomic mass is 9.82. The van der Waals surface area contributed by atoms with Crippen LogP contribution >= 0.6 is 0 Å². The molecule has 2 rings (SSSR count). The van der Waals surface area contributed by atoms with Gasteiger partial charge in [0.2, 0.25) is 5.91 Å². The van der Waals surface area contributed by atoms with Gasteiger partial charge in [0.1, 0.15) is 5.82 Å². The molecule has 0 aromatic carbocycles. The van der Waals surface area contributed by atoms with Crippen molar-refractivity contribution in [3.8, 4) is 0 Å². The monoisotopic (exact) mass is 291 g/mol. The van der Waals surface area contributed by atoms with Crippen LogP contribution in [0, 0.1) is 0 Å². The van der Waals surface area contributed by atoms with Crippen molar-refractivity contribution in [2.75, 3.05) is 18.0 Å². The molecule has 2 heterocycles. The Labute approximate surface area is 125 Å². The zero-order valence-corrected chi connectivity index (χ0v) is 12.7. The maximum Gasteiger partial charge on any atom is 0.490 e. The van der Waals surface area contributed by atoms with Crippen LogP contribution in [-0.2, 0) is 4.79 Å². The third-order valence-electron chi connectivity index (χ3n) is 3.90. The van der Waals surface area contributed by atoms with Crippen LogP contribution in [0.4, 0.5) is 5.82 Å². The first-order chi connectivity index (χ1) is 9.93. The van der Waals surface area contributed by atoms with Gasteiger partial charge in [0.05, 0.1) is 0 Å². The minimum absolute atomic E-state index is 0.131. The van der Waals surface area contributed by atoms with Crippen LogP contribution in [0.15, 0.2) is 18.3 Å². The Bertz CT molecular complexity index is 483. The van der Waals surface area contributed by atoms with Gasteiger partial charge in [0, 0.05) is 43.3 Å². The molecule has 1 fully saturated rings. The lowest BCUT2D eigenvalue weighted by Crippen LogP contribution is -2.58. The summed E-state index contributed by atoms with van der Waals surface area (Å²) in [6, 6.07) is 3.70. The second-order valence-corrected chi connectivity index (χ2v) is 5.58. The first-order valence-electron chi connectivity index (χ1n) is 7.32. The van der Waals surface area contributed by atoms with E-state index in [0.717, 1.165) is 18.9 Å². The maximum absolute atomic E-state index is 12.0. The van der Waals surface area contributed by atoms with Gasteiger partial charge in [-0.25, -0.2) is 4.98 Å². The van der Waals surface area contributed by atoms with E-state index in [0.29, 0.717) is 11.9 Å². The van der Waals surface area contributed by atoms with Crippen LogP contribution < -0.4 is 10.4 Å². The van der Waals surface area contributed by atoms with Crippen molar-refractivity contribution in [1.82, 2.24) is 9.88 Å². The van der Waals surface area contributed by atoms with Crippen LogP contribution in [0.25, 0.3) is 0 Å². The minimum Gasteiger partial charge on any atom is -0.423 e. The average molecular weight is 291 g/mol. The molecule has 0 radical (unpaired) electrons. The molecule has 6 nitrogen and oxygen atoms in total. The number of amides is 1. The first kappa shape index (κ1) is 15.8. The fraction of sp³-hybridized carbons (Fsp3) is 0.571. The quantitative estimate of drug-likeness (QED) is 0.741. The van der Waals surface area contributed by atoms with E-state index in [-0.39, 0.29) is 18.0 Å². The van der Waals surface area contributed by atoms with E-state index in [1.807, 2.05) is 25.7 Å². The summed E-state index contributed by atoms with van der Waals surface area (Å²) in [6.07, 6.45) is 1.99. The van der Waals surface area contributed by atoms with E-state index in [4.69, 9.17) is 10.0 Å². The van der Waals surface area contributed by atoms with E-state index in [9.17, 15) is 4.79 Å². The van der Waals surface area contributed by atoms with Gasteiger partial charge in [0.15, 0.2) is 0 Å². The number of aromatic nitrogens is 1. The Hall–Kier alpha value is -1.60. The second-order valence-electron chi connectivity index (χ2n) is 5.58. The first-order valence-corrected chi connectivity index (χ1v) is 7.32. The van der Waals surface area contributed by atoms with Gasteiger partial charge in [-0.05, 0) is 19.9 Å². The molecule has 0 bridgehead atoms. The third kappa shape index (κ3) is 3.36. The highest BCUT2D eigenvalue weighted by Gasteiger charge is 2.32. The van der Waals surface area contributed by atoms with Crippen molar-refractivity contribution < 1.29 is 14.8 Å². The fourth-order valence-electron chi connectivity index (χ4n) is 2.92. The highest BCUT2D eigenvalue weighted by atomic mass is 16.4. The molecule has 0 spiro atoms. The summed E-state index contributed by atoms with van der Waals surface area (Å²) in [7, 11) is -1.50. The number of rotatable bonds is 3. The second kappa shape index (κ2) is 6.45. The molecule has 0 aliphatic carbocycles. The van der Waals surface area contributed by atoms with Crippen molar-refractivity contribution in [3.63, 3.8) is 0 Å². The normalized spacial score (nSPS) is 22.3. The Kier molecular flexibility index (Phi) is 4.85. The fourth-order valence-corrected chi connectivity index (χ4v) is 2.92. The van der Waals surface area contributed by atoms with Crippen molar-refractivity contribution in [1.29, 1.82) is 0 Å². The van der Waals surface area contributed by atoms with E-state index in [2.05, 4.69) is 9.88 Å². The van der Waals surface area contributed by atoms with Gasteiger partial charge in [-0.3, -0.25) is 4.79 Å². The topological polar surface area (TPSA) is 76.9 Å². The summed E-state index contributed by atoms with van der Waals surface area (Å²) in [4.78, 5) is 20.3. The van der Waals surface area contributed by atoms with Crippen LogP contribution in [0.2, 0.25) is 0 Å². The smallest absolute Gasteiger partial charge is 0.423 e. The summed E-state index contributed by atoms with van der Waals surface area (Å²) in [6.45, 7) is 7.42. The molecule has 2 N–H and O–H groups in total. The molecule has 21 heavy (non-hydrogen) atoms. The van der Waals surface area contributed by atoms with Crippen molar-refractivity contribution in [3.05, 3.63) is 18.3 Å². The van der Waals surface area contributed by atoms with Gasteiger partial charge in [-0.1, -0.05) is 13.0 Å². The van der Waals surface area contributed by atoms with E-state index in [1.165, 1.54) is 6.20 Å². The Morgan fingerprint density at radius 3 is 2.38 bits per heavy atom. The van der Waals surface area contributed by atoms with Gasteiger partial charge < -0.3 is 19.8 Å². The lowest BCUT2D eigenvalue weighted by Gasteiger charge is -2.45. The van der Waals surface area contributed by atoms with Crippen molar-refractivity contribution >= 4 is 24.3 Å². The van der Waals surface area contributed by atoms with Crippen LogP contribution in [0.3, 0.4) is 0 Å². The molecule has 1 aliphatic rings. The number of hydrogen-bond donors (Lipinski definition) is 2. The lowest BCUT2D eigenvalue weighted by molar-refractivity contribution is -0.135. The third-order valence-corrected chi connectivity index (χ3v) is 3.90. The number of carbonyl (C=O) groups is 1. The van der Waals surface area contributed by atoms with E-state index < -0.39 is 7.12 Å². The minimum atomic E-state index is -1.50. The summed E-state index contributed by atoms with van der Waals surface area (Å²) >= 11 is 0. The number of piperazine rings is 1. The van der Waals surface area contributed by atoms with E-state index >= 15 is 0 Å². The number of carbonyl (C=O) groups excluding carboxylic acids is 1. The Balaban J connectivity index is 2.11. The summed E-state index contributed by atoms with van der Waals surface area (Å²) in [5.74, 6) is 0.975. The molecule has 1 saturated heterocycles. The number of hydrogen-bond acceptors (Lipinski definition) is 5. The van der Waals surface area contributed by atoms with Gasteiger partial charge in [-0.15, -0.1) is 0 Å². The van der Waals surface area contributed by atoms with Gasteiger partial charge in [-0.2, -0.15) is 0 Å². The number of nitrogens with zero attached hydrogens (tertiary/aromatic N) is 3. The van der Waals surface area contributed by atoms with Crippen LogP contribution in [0.1, 0.15) is 27.2 Å². The average Bonchev–Trinajstić information content (AvgIpc) is 2.46. The molecule has 1 aromatic heterocycles. The van der Waals surface area contributed by atoms with Crippen LogP contribution in [-0.4, -0.2) is 58.1 Å². The molecule has 7 heteroatoms. The largest absolute Gasteiger partial charge is 0.490 e. The van der Waals surface area contributed by atoms with Gasteiger partial charge in [0.25, 0.3) is 0 Å². The van der Waals surface area contributed by atoms with Crippen molar-refractivity contribution in [2.24, 2.45) is 0 Å².